The lowest BCUT2D eigenvalue weighted by molar-refractivity contribution is -0.142. The Morgan fingerprint density at radius 2 is 1.04 bits per heavy atom. The van der Waals surface area contributed by atoms with Crippen LogP contribution >= 0.6 is 0 Å². The van der Waals surface area contributed by atoms with Crippen LogP contribution < -0.4 is 0 Å². The lowest BCUT2D eigenvalue weighted by atomic mass is 9.99. The fraction of sp³-hybridized carbons (Fsp3) is 0.379. The molecule has 47 heavy (non-hydrogen) atoms. The van der Waals surface area contributed by atoms with Gasteiger partial charge in [-0.25, -0.2) is 9.97 Å². The number of nitrogens with zero attached hydrogens (tertiary/aromatic N) is 4. The Morgan fingerprint density at radius 1 is 0.617 bits per heavy atom. The van der Waals surface area contributed by atoms with Crippen LogP contribution in [0.1, 0.15) is 46.0 Å². The summed E-state index contributed by atoms with van der Waals surface area (Å²) in [5.74, 6) is 0. The number of hydrogen-bond acceptors (Lipinski definition) is 6. The molecule has 0 fully saturated rings. The van der Waals surface area contributed by atoms with Crippen molar-refractivity contribution in [3.05, 3.63) is 82.2 Å². The number of hydrogen-bond donors (Lipinski definition) is 2. The zero-order valence-electron chi connectivity index (χ0n) is 24.1. The summed E-state index contributed by atoms with van der Waals surface area (Å²) in [4.78, 5) is 8.71. The minimum atomic E-state index is -5.17. The van der Waals surface area contributed by atoms with E-state index in [2.05, 4.69) is 9.97 Å². The van der Waals surface area contributed by atoms with E-state index < -0.39 is 93.6 Å². The van der Waals surface area contributed by atoms with Crippen LogP contribution in [-0.2, 0) is 24.7 Å². The van der Waals surface area contributed by atoms with Crippen LogP contribution in [0.4, 0.5) is 52.7 Å². The number of fused-ring (bicyclic) bond motifs is 2. The molecule has 0 saturated carbocycles. The maximum absolute atomic E-state index is 13.6. The highest BCUT2D eigenvalue weighted by molar-refractivity contribution is 5.87. The number of likely N-dealkylation sites (N-methyl/N-ethyl adjacent to an activating group) is 2. The molecule has 4 aromatic rings. The lowest BCUT2D eigenvalue weighted by Crippen LogP contribution is -2.35. The van der Waals surface area contributed by atoms with E-state index in [1.807, 2.05) is 0 Å². The van der Waals surface area contributed by atoms with E-state index in [0.29, 0.717) is 24.3 Å². The number of aliphatic hydroxyl groups excluding tert-OH is 2. The summed E-state index contributed by atoms with van der Waals surface area (Å²) in [5, 5.41) is 21.0. The maximum Gasteiger partial charge on any atom is 0.433 e. The van der Waals surface area contributed by atoms with E-state index in [1.165, 1.54) is 19.0 Å². The Morgan fingerprint density at radius 3 is 1.47 bits per heavy atom. The van der Waals surface area contributed by atoms with E-state index in [-0.39, 0.29) is 18.5 Å². The van der Waals surface area contributed by atoms with Crippen LogP contribution in [0.5, 0.6) is 0 Å². The third kappa shape index (κ3) is 7.88. The van der Waals surface area contributed by atoms with Crippen molar-refractivity contribution in [2.75, 3.05) is 33.7 Å². The number of rotatable bonds is 8. The summed E-state index contributed by atoms with van der Waals surface area (Å²) in [7, 11) is 2.59. The van der Waals surface area contributed by atoms with Gasteiger partial charge in [0, 0.05) is 36.0 Å². The molecule has 256 valence electrons. The zero-order valence-corrected chi connectivity index (χ0v) is 24.1. The van der Waals surface area contributed by atoms with E-state index >= 15 is 0 Å². The third-order valence-electron chi connectivity index (χ3n) is 7.31. The van der Waals surface area contributed by atoms with Crippen LogP contribution in [0.15, 0.2) is 48.5 Å². The third-order valence-corrected chi connectivity index (χ3v) is 7.31. The molecule has 0 aliphatic rings. The van der Waals surface area contributed by atoms with Gasteiger partial charge in [0.05, 0.1) is 28.3 Å². The van der Waals surface area contributed by atoms with Gasteiger partial charge in [-0.2, -0.15) is 52.7 Å². The Labute approximate surface area is 257 Å². The van der Waals surface area contributed by atoms with Crippen LogP contribution in [-0.4, -0.2) is 63.7 Å². The van der Waals surface area contributed by atoms with Gasteiger partial charge in [0.1, 0.15) is 17.6 Å². The molecule has 2 heterocycles. The first-order valence-corrected chi connectivity index (χ1v) is 13.4. The van der Waals surface area contributed by atoms with Crippen molar-refractivity contribution in [3.8, 4) is 0 Å². The predicted molar refractivity (Wildman–Crippen MR) is 144 cm³/mol. The van der Waals surface area contributed by atoms with Crippen molar-refractivity contribution < 1.29 is 62.9 Å². The minimum Gasteiger partial charge on any atom is -0.387 e. The monoisotopic (exact) mass is 688 g/mol. The smallest absolute Gasteiger partial charge is 0.387 e. The summed E-state index contributed by atoms with van der Waals surface area (Å²) in [6.45, 7) is -0.796. The molecule has 0 amide bonds. The molecule has 18 heteroatoms. The number of para-hydroxylation sites is 2. The number of alkyl halides is 12. The molecule has 0 spiro atoms. The summed E-state index contributed by atoms with van der Waals surface area (Å²) in [5.41, 5.74) is -9.35. The maximum atomic E-state index is 13.6. The molecule has 0 saturated heterocycles. The number of benzene rings is 2. The molecule has 2 N–H and O–H groups in total. The molecule has 0 aliphatic carbocycles. The van der Waals surface area contributed by atoms with Crippen molar-refractivity contribution >= 4 is 21.8 Å². The Kier molecular flexibility index (Phi) is 9.76. The summed E-state index contributed by atoms with van der Waals surface area (Å²) in [6, 6.07) is 5.95. The van der Waals surface area contributed by atoms with E-state index in [9.17, 15) is 62.9 Å². The highest BCUT2D eigenvalue weighted by Crippen LogP contribution is 2.41. The molecule has 2 atom stereocenters. The molecular weight excluding hydrogens is 664 g/mol. The molecular formula is C29H24F12N4O2. The van der Waals surface area contributed by atoms with Gasteiger partial charge in [-0.3, -0.25) is 4.90 Å². The molecule has 0 aliphatic heterocycles. The Balaban J connectivity index is 1.59. The van der Waals surface area contributed by atoms with Gasteiger partial charge in [-0.15, -0.1) is 0 Å². The molecule has 0 bridgehead atoms. The molecule has 0 radical (unpaired) electrons. The van der Waals surface area contributed by atoms with Crippen LogP contribution in [0.3, 0.4) is 0 Å². The van der Waals surface area contributed by atoms with Crippen LogP contribution in [0.25, 0.3) is 21.8 Å². The van der Waals surface area contributed by atoms with Crippen molar-refractivity contribution in [2.45, 2.75) is 37.0 Å². The quantitative estimate of drug-likeness (QED) is 0.148. The van der Waals surface area contributed by atoms with E-state index in [0.717, 1.165) is 29.2 Å². The lowest BCUT2D eigenvalue weighted by Gasteiger charge is -2.29. The first kappa shape index (κ1) is 36.1. The second-order valence-corrected chi connectivity index (χ2v) is 10.7. The van der Waals surface area contributed by atoms with Gasteiger partial charge >= 0.3 is 24.7 Å². The Bertz CT molecular complexity index is 1750. The average Bonchev–Trinajstić information content (AvgIpc) is 2.95. The molecule has 2 unspecified atom stereocenters. The second-order valence-electron chi connectivity index (χ2n) is 10.7. The van der Waals surface area contributed by atoms with Gasteiger partial charge in [-0.1, -0.05) is 24.3 Å². The fourth-order valence-corrected chi connectivity index (χ4v) is 4.96. The van der Waals surface area contributed by atoms with Crippen molar-refractivity contribution in [3.63, 3.8) is 0 Å². The van der Waals surface area contributed by atoms with E-state index in [4.69, 9.17) is 0 Å². The van der Waals surface area contributed by atoms with Gasteiger partial charge in [0.2, 0.25) is 0 Å². The first-order chi connectivity index (χ1) is 21.5. The standard InChI is InChI=1S/C29H24F12N4O2/c1-44(13-20(46)16-11-21(28(36,37)38)42-23-14(16)5-3-7-18(23)26(30,31)32)9-10-45(2)25(47)17-12-22(29(39,40)41)43-24-15(17)6-4-8-19(24)27(33,34)35/h3-8,11-12,20,25,46-47H,9-10,13H2,1-2H3. The summed E-state index contributed by atoms with van der Waals surface area (Å²) >= 11 is 0. The SMILES string of the molecule is CN(CCN(C)C(O)c1cc(C(F)(F)F)nc2c(C(F)(F)F)cccc12)CC(O)c1cc(C(F)(F)F)nc2c(C(F)(F)F)cccc12. The molecule has 6 nitrogen and oxygen atoms in total. The topological polar surface area (TPSA) is 72.7 Å². The highest BCUT2D eigenvalue weighted by Gasteiger charge is 2.40. The van der Waals surface area contributed by atoms with Crippen LogP contribution in [0.2, 0.25) is 0 Å². The van der Waals surface area contributed by atoms with Gasteiger partial charge in [0.15, 0.2) is 0 Å². The largest absolute Gasteiger partial charge is 0.433 e. The molecule has 4 rings (SSSR count). The second kappa shape index (κ2) is 12.7. The predicted octanol–water partition coefficient (Wildman–Crippen LogP) is 7.45. The molecule has 2 aromatic heterocycles. The zero-order chi connectivity index (χ0) is 35.3. The van der Waals surface area contributed by atoms with Crippen molar-refractivity contribution in [1.29, 1.82) is 0 Å². The van der Waals surface area contributed by atoms with Gasteiger partial charge < -0.3 is 15.1 Å². The van der Waals surface area contributed by atoms with Crippen molar-refractivity contribution in [2.24, 2.45) is 0 Å². The average molecular weight is 689 g/mol. The van der Waals surface area contributed by atoms with Gasteiger partial charge in [0.25, 0.3) is 0 Å². The number of pyridine rings is 2. The number of halogens is 12. The van der Waals surface area contributed by atoms with E-state index in [1.54, 1.807) is 0 Å². The number of aliphatic hydroxyl groups is 2. The fourth-order valence-electron chi connectivity index (χ4n) is 4.96. The highest BCUT2D eigenvalue weighted by atomic mass is 19.4. The Hall–Kier alpha value is -3.74. The van der Waals surface area contributed by atoms with Gasteiger partial charge in [-0.05, 0) is 43.9 Å². The summed E-state index contributed by atoms with van der Waals surface area (Å²) in [6.07, 6.45) is -24.1. The molecule has 2 aromatic carbocycles. The van der Waals surface area contributed by atoms with Crippen molar-refractivity contribution in [1.82, 2.24) is 19.8 Å². The number of aromatic nitrogens is 2. The normalized spacial score (nSPS) is 14.9. The first-order valence-electron chi connectivity index (χ1n) is 13.4. The minimum absolute atomic E-state index is 0.128. The summed E-state index contributed by atoms with van der Waals surface area (Å²) < 4.78 is 163. The van der Waals surface area contributed by atoms with Crippen LogP contribution in [0, 0.1) is 0 Å².